The molecule has 2 N–H and O–H groups in total. The van der Waals surface area contributed by atoms with E-state index >= 15 is 0 Å². The van der Waals surface area contributed by atoms with Gasteiger partial charge < -0.3 is 10.6 Å². The Kier molecular flexibility index (Phi) is 5.72. The molecule has 0 aromatic carbocycles. The zero-order valence-corrected chi connectivity index (χ0v) is 14.9. The molecule has 4 atom stereocenters. The quantitative estimate of drug-likeness (QED) is 0.846. The minimum atomic E-state index is 0.485. The van der Waals surface area contributed by atoms with Gasteiger partial charge in [-0.25, -0.2) is 0 Å². The number of nitrogens with zero attached hydrogens (tertiary/aromatic N) is 2. The molecule has 1 saturated heterocycles. The molecule has 0 amide bonds. The Balaban J connectivity index is 2.04. The second-order valence-electron chi connectivity index (χ2n) is 8.32. The summed E-state index contributed by atoms with van der Waals surface area (Å²) in [7, 11) is 4.44. The van der Waals surface area contributed by atoms with Gasteiger partial charge in [0.15, 0.2) is 0 Å². The fourth-order valence-electron chi connectivity index (χ4n) is 4.42. The fraction of sp³-hybridized carbons (Fsp3) is 1.00. The minimum absolute atomic E-state index is 0.485. The molecule has 0 aromatic heterocycles. The van der Waals surface area contributed by atoms with Gasteiger partial charge in [0.2, 0.25) is 0 Å². The Morgan fingerprint density at radius 3 is 2.43 bits per heavy atom. The third-order valence-corrected chi connectivity index (χ3v) is 6.67. The first-order chi connectivity index (χ1) is 9.89. The Hall–Kier alpha value is -0.120. The lowest BCUT2D eigenvalue weighted by molar-refractivity contribution is 0.0463. The molecule has 0 spiro atoms. The van der Waals surface area contributed by atoms with E-state index in [1.54, 1.807) is 0 Å². The minimum Gasteiger partial charge on any atom is -0.330 e. The maximum atomic E-state index is 6.11. The molecular formula is C18H37N3. The first-order valence-corrected chi connectivity index (χ1v) is 8.99. The van der Waals surface area contributed by atoms with E-state index in [0.29, 0.717) is 5.41 Å². The van der Waals surface area contributed by atoms with Crippen molar-refractivity contribution in [1.82, 2.24) is 9.80 Å². The lowest BCUT2D eigenvalue weighted by atomic mass is 9.65. The second kappa shape index (κ2) is 6.97. The highest BCUT2D eigenvalue weighted by molar-refractivity contribution is 4.95. The molecule has 3 nitrogen and oxygen atoms in total. The molecule has 124 valence electrons. The van der Waals surface area contributed by atoms with Crippen molar-refractivity contribution >= 4 is 0 Å². The van der Waals surface area contributed by atoms with Gasteiger partial charge in [-0.15, -0.1) is 0 Å². The largest absolute Gasteiger partial charge is 0.330 e. The van der Waals surface area contributed by atoms with Gasteiger partial charge in [0, 0.05) is 25.2 Å². The van der Waals surface area contributed by atoms with E-state index in [-0.39, 0.29) is 0 Å². The molecule has 0 aromatic rings. The van der Waals surface area contributed by atoms with Gasteiger partial charge in [-0.05, 0) is 63.6 Å². The van der Waals surface area contributed by atoms with Gasteiger partial charge in [-0.2, -0.15) is 0 Å². The predicted octanol–water partition coefficient (Wildman–Crippen LogP) is 2.80. The highest BCUT2D eigenvalue weighted by Crippen LogP contribution is 2.44. The number of hydrogen-bond acceptors (Lipinski definition) is 3. The average Bonchev–Trinajstić information content (AvgIpc) is 2.96. The Morgan fingerprint density at radius 2 is 1.90 bits per heavy atom. The van der Waals surface area contributed by atoms with Crippen LogP contribution in [-0.4, -0.2) is 55.6 Å². The molecule has 0 radical (unpaired) electrons. The standard InChI is InChI=1S/C18H37N3/c1-6-18(2,3)15-8-7-14(12-19)17(11-15)21-10-9-16(13-21)20(4)5/h14-17H,6-13,19H2,1-5H3. The third kappa shape index (κ3) is 3.80. The van der Waals surface area contributed by atoms with Crippen LogP contribution in [0.4, 0.5) is 0 Å². The van der Waals surface area contributed by atoms with Crippen LogP contribution in [0.1, 0.15) is 52.9 Å². The molecule has 3 heteroatoms. The van der Waals surface area contributed by atoms with Gasteiger partial charge >= 0.3 is 0 Å². The van der Waals surface area contributed by atoms with Crippen molar-refractivity contribution in [2.45, 2.75) is 65.0 Å². The van der Waals surface area contributed by atoms with Gasteiger partial charge in [0.25, 0.3) is 0 Å². The highest BCUT2D eigenvalue weighted by atomic mass is 15.2. The van der Waals surface area contributed by atoms with Crippen LogP contribution in [0.3, 0.4) is 0 Å². The third-order valence-electron chi connectivity index (χ3n) is 6.67. The summed E-state index contributed by atoms with van der Waals surface area (Å²) < 4.78 is 0. The predicted molar refractivity (Wildman–Crippen MR) is 91.4 cm³/mol. The summed E-state index contributed by atoms with van der Waals surface area (Å²) in [4.78, 5) is 5.16. The Labute approximate surface area is 132 Å². The van der Waals surface area contributed by atoms with E-state index in [4.69, 9.17) is 5.73 Å². The van der Waals surface area contributed by atoms with Crippen molar-refractivity contribution in [3.63, 3.8) is 0 Å². The topological polar surface area (TPSA) is 32.5 Å². The summed E-state index contributed by atoms with van der Waals surface area (Å²) in [6, 6.07) is 1.47. The van der Waals surface area contributed by atoms with Crippen LogP contribution in [0, 0.1) is 17.3 Å². The fourth-order valence-corrected chi connectivity index (χ4v) is 4.42. The lowest BCUT2D eigenvalue weighted by Crippen LogP contribution is -2.48. The van der Waals surface area contributed by atoms with Gasteiger partial charge in [-0.3, -0.25) is 4.90 Å². The molecule has 1 aliphatic carbocycles. The first-order valence-electron chi connectivity index (χ1n) is 8.99. The smallest absolute Gasteiger partial charge is 0.0229 e. The zero-order chi connectivity index (χ0) is 15.6. The summed E-state index contributed by atoms with van der Waals surface area (Å²) in [6.45, 7) is 10.7. The monoisotopic (exact) mass is 295 g/mol. The maximum Gasteiger partial charge on any atom is 0.0229 e. The summed E-state index contributed by atoms with van der Waals surface area (Å²) in [5, 5.41) is 0. The first kappa shape index (κ1) is 17.2. The Bertz CT molecular complexity index is 326. The maximum absolute atomic E-state index is 6.11. The summed E-state index contributed by atoms with van der Waals surface area (Å²) in [6.07, 6.45) is 6.69. The van der Waals surface area contributed by atoms with Crippen LogP contribution in [0.2, 0.25) is 0 Å². The molecular weight excluding hydrogens is 258 g/mol. The van der Waals surface area contributed by atoms with E-state index in [9.17, 15) is 0 Å². The molecule has 1 aliphatic heterocycles. The Morgan fingerprint density at radius 1 is 1.19 bits per heavy atom. The molecule has 1 saturated carbocycles. The van der Waals surface area contributed by atoms with Crippen molar-refractivity contribution in [1.29, 1.82) is 0 Å². The van der Waals surface area contributed by atoms with Crippen LogP contribution in [0.5, 0.6) is 0 Å². The number of likely N-dealkylation sites (tertiary alicyclic amines) is 1. The van der Waals surface area contributed by atoms with E-state index < -0.39 is 0 Å². The van der Waals surface area contributed by atoms with Crippen LogP contribution >= 0.6 is 0 Å². The van der Waals surface area contributed by atoms with Gasteiger partial charge in [-0.1, -0.05) is 27.2 Å². The van der Waals surface area contributed by atoms with Crippen molar-refractivity contribution in [2.24, 2.45) is 23.0 Å². The van der Waals surface area contributed by atoms with E-state index in [0.717, 1.165) is 30.5 Å². The van der Waals surface area contributed by atoms with Crippen LogP contribution < -0.4 is 5.73 Å². The van der Waals surface area contributed by atoms with Gasteiger partial charge in [0.1, 0.15) is 0 Å². The molecule has 4 unspecified atom stereocenters. The van der Waals surface area contributed by atoms with E-state index in [1.165, 1.54) is 45.2 Å². The van der Waals surface area contributed by atoms with Crippen molar-refractivity contribution in [3.8, 4) is 0 Å². The molecule has 2 aliphatic rings. The summed E-state index contributed by atoms with van der Waals surface area (Å²) in [5.74, 6) is 1.59. The van der Waals surface area contributed by atoms with Crippen LogP contribution in [0.15, 0.2) is 0 Å². The number of likely N-dealkylation sites (N-methyl/N-ethyl adjacent to an activating group) is 1. The number of nitrogens with two attached hydrogens (primary N) is 1. The van der Waals surface area contributed by atoms with E-state index in [2.05, 4.69) is 44.7 Å². The van der Waals surface area contributed by atoms with Crippen molar-refractivity contribution in [2.75, 3.05) is 33.7 Å². The molecule has 2 rings (SSSR count). The zero-order valence-electron chi connectivity index (χ0n) is 14.9. The van der Waals surface area contributed by atoms with E-state index in [1.807, 2.05) is 0 Å². The van der Waals surface area contributed by atoms with Crippen LogP contribution in [0.25, 0.3) is 0 Å². The van der Waals surface area contributed by atoms with Crippen molar-refractivity contribution in [3.05, 3.63) is 0 Å². The highest BCUT2D eigenvalue weighted by Gasteiger charge is 2.41. The van der Waals surface area contributed by atoms with Crippen molar-refractivity contribution < 1.29 is 0 Å². The normalized spacial score (nSPS) is 35.6. The SMILES string of the molecule is CCC(C)(C)C1CCC(CN)C(N2CCC(N(C)C)C2)C1. The van der Waals surface area contributed by atoms with Gasteiger partial charge in [0.05, 0.1) is 0 Å². The average molecular weight is 296 g/mol. The van der Waals surface area contributed by atoms with Crippen LogP contribution in [-0.2, 0) is 0 Å². The second-order valence-corrected chi connectivity index (χ2v) is 8.32. The molecule has 1 heterocycles. The number of rotatable bonds is 5. The molecule has 21 heavy (non-hydrogen) atoms. The summed E-state index contributed by atoms with van der Waals surface area (Å²) in [5.41, 5.74) is 6.59. The molecule has 0 bridgehead atoms. The lowest BCUT2D eigenvalue weighted by Gasteiger charge is -2.46. The summed E-state index contributed by atoms with van der Waals surface area (Å²) >= 11 is 0. The molecule has 2 fully saturated rings. The number of hydrogen-bond donors (Lipinski definition) is 1.